The van der Waals surface area contributed by atoms with E-state index in [4.69, 9.17) is 0 Å². The quantitative estimate of drug-likeness (QED) is 0.879. The third kappa shape index (κ3) is 3.96. The molecule has 0 saturated carbocycles. The van der Waals surface area contributed by atoms with E-state index >= 15 is 0 Å². The van der Waals surface area contributed by atoms with Crippen LogP contribution in [0.1, 0.15) is 38.2 Å². The molecule has 0 bridgehead atoms. The van der Waals surface area contributed by atoms with E-state index in [1.807, 2.05) is 0 Å². The van der Waals surface area contributed by atoms with Crippen molar-refractivity contribution in [1.29, 1.82) is 0 Å². The molecule has 106 valence electrons. The predicted octanol–water partition coefficient (Wildman–Crippen LogP) is 3.77. The first-order chi connectivity index (χ1) is 8.98. The Bertz CT molecular complexity index is 425. The molecule has 1 aliphatic rings. The molecule has 19 heavy (non-hydrogen) atoms. The fourth-order valence-corrected chi connectivity index (χ4v) is 2.77. The van der Waals surface area contributed by atoms with Crippen molar-refractivity contribution in [3.63, 3.8) is 0 Å². The number of hydrogen-bond donors (Lipinski definition) is 1. The number of alkyl halides is 1. The summed E-state index contributed by atoms with van der Waals surface area (Å²) >= 11 is 0. The van der Waals surface area contributed by atoms with Crippen LogP contribution in [0, 0.1) is 11.6 Å². The molecule has 1 aromatic carbocycles. The number of hydrogen-bond acceptors (Lipinski definition) is 1. The summed E-state index contributed by atoms with van der Waals surface area (Å²) in [5, 5.41) is 3.28. The highest BCUT2D eigenvalue weighted by atomic mass is 19.2. The van der Waals surface area contributed by atoms with Gasteiger partial charge in [0.1, 0.15) is 5.67 Å². The molecule has 1 heterocycles. The van der Waals surface area contributed by atoms with Crippen molar-refractivity contribution >= 4 is 0 Å². The second-order valence-corrected chi connectivity index (χ2v) is 5.65. The van der Waals surface area contributed by atoms with Crippen molar-refractivity contribution in [1.82, 2.24) is 5.32 Å². The number of halogens is 3. The molecular formula is C15H20F3N. The van der Waals surface area contributed by atoms with Crippen LogP contribution in [0.4, 0.5) is 13.2 Å². The molecule has 1 aliphatic heterocycles. The normalized spacial score (nSPS) is 23.1. The minimum Gasteiger partial charge on any atom is -0.314 e. The molecular weight excluding hydrogens is 251 g/mol. The van der Waals surface area contributed by atoms with E-state index in [0.29, 0.717) is 6.42 Å². The van der Waals surface area contributed by atoms with Crippen molar-refractivity contribution in [2.75, 3.05) is 6.54 Å². The van der Waals surface area contributed by atoms with E-state index in [0.717, 1.165) is 31.9 Å². The molecule has 1 aromatic rings. The van der Waals surface area contributed by atoms with Gasteiger partial charge < -0.3 is 5.32 Å². The number of nitrogens with one attached hydrogen (secondary N) is 1. The Hall–Kier alpha value is -1.03. The maximum atomic E-state index is 14.5. The van der Waals surface area contributed by atoms with Crippen LogP contribution in [0.2, 0.25) is 0 Å². The van der Waals surface area contributed by atoms with E-state index in [9.17, 15) is 13.2 Å². The van der Waals surface area contributed by atoms with Crippen LogP contribution in [0.15, 0.2) is 18.2 Å². The zero-order valence-corrected chi connectivity index (χ0v) is 11.2. The van der Waals surface area contributed by atoms with Crippen LogP contribution >= 0.6 is 0 Å². The van der Waals surface area contributed by atoms with Crippen LogP contribution in [-0.4, -0.2) is 18.3 Å². The van der Waals surface area contributed by atoms with Gasteiger partial charge in [0.2, 0.25) is 0 Å². The Morgan fingerprint density at radius 2 is 2.11 bits per heavy atom. The van der Waals surface area contributed by atoms with Gasteiger partial charge in [0.05, 0.1) is 0 Å². The van der Waals surface area contributed by atoms with Gasteiger partial charge in [0.25, 0.3) is 0 Å². The van der Waals surface area contributed by atoms with Gasteiger partial charge in [-0.2, -0.15) is 0 Å². The number of rotatable bonds is 4. The Kier molecular flexibility index (Phi) is 4.50. The summed E-state index contributed by atoms with van der Waals surface area (Å²) in [6.45, 7) is 2.38. The van der Waals surface area contributed by atoms with Crippen molar-refractivity contribution in [2.24, 2.45) is 0 Å². The van der Waals surface area contributed by atoms with Crippen LogP contribution in [0.25, 0.3) is 0 Å². The van der Waals surface area contributed by atoms with Gasteiger partial charge >= 0.3 is 0 Å². The van der Waals surface area contributed by atoms with Gasteiger partial charge in [-0.05, 0) is 44.4 Å². The average molecular weight is 271 g/mol. The van der Waals surface area contributed by atoms with E-state index in [1.165, 1.54) is 19.1 Å². The second-order valence-electron chi connectivity index (χ2n) is 5.65. The van der Waals surface area contributed by atoms with Gasteiger partial charge in [0, 0.05) is 12.5 Å². The summed E-state index contributed by atoms with van der Waals surface area (Å²) in [7, 11) is 0. The highest BCUT2D eigenvalue weighted by Gasteiger charge is 2.30. The van der Waals surface area contributed by atoms with E-state index in [1.54, 1.807) is 0 Å². The molecule has 4 heteroatoms. The maximum Gasteiger partial charge on any atom is 0.162 e. The molecule has 2 atom stereocenters. The van der Waals surface area contributed by atoms with Gasteiger partial charge in [-0.25, -0.2) is 13.2 Å². The molecule has 1 saturated heterocycles. The van der Waals surface area contributed by atoms with Gasteiger partial charge in [-0.3, -0.25) is 0 Å². The Balaban J connectivity index is 2.01. The molecule has 0 aromatic heterocycles. The first kappa shape index (κ1) is 14.4. The van der Waals surface area contributed by atoms with Crippen molar-refractivity contribution in [3.05, 3.63) is 35.4 Å². The Morgan fingerprint density at radius 1 is 1.32 bits per heavy atom. The fourth-order valence-electron chi connectivity index (χ4n) is 2.77. The lowest BCUT2D eigenvalue weighted by molar-refractivity contribution is 0.144. The summed E-state index contributed by atoms with van der Waals surface area (Å²) < 4.78 is 41.2. The lowest BCUT2D eigenvalue weighted by Crippen LogP contribution is -2.40. The highest BCUT2D eigenvalue weighted by Crippen LogP contribution is 2.27. The first-order valence-electron chi connectivity index (χ1n) is 6.83. The molecule has 2 rings (SSSR count). The SMILES string of the molecule is CC(F)(Cc1cccc(F)c1F)CC1CCCCN1. The topological polar surface area (TPSA) is 12.0 Å². The summed E-state index contributed by atoms with van der Waals surface area (Å²) in [6, 6.07) is 4.06. The molecule has 1 fully saturated rings. The van der Waals surface area contributed by atoms with Crippen LogP contribution in [-0.2, 0) is 6.42 Å². The molecule has 0 spiro atoms. The second kappa shape index (κ2) is 5.95. The van der Waals surface area contributed by atoms with Gasteiger partial charge in [-0.15, -0.1) is 0 Å². The first-order valence-corrected chi connectivity index (χ1v) is 6.83. The van der Waals surface area contributed by atoms with E-state index < -0.39 is 17.3 Å². The van der Waals surface area contributed by atoms with Crippen molar-refractivity contribution in [2.45, 2.75) is 50.7 Å². The minimum absolute atomic E-state index is 0.0885. The van der Waals surface area contributed by atoms with Gasteiger partial charge in [-0.1, -0.05) is 18.6 Å². The zero-order valence-electron chi connectivity index (χ0n) is 11.2. The number of piperidine rings is 1. The average Bonchev–Trinajstić information content (AvgIpc) is 2.35. The molecule has 0 amide bonds. The standard InChI is InChI=1S/C15H20F3N/c1-15(18,10-12-6-2-3-8-19-12)9-11-5-4-7-13(16)14(11)17/h4-5,7,12,19H,2-3,6,8-10H2,1H3. The Labute approximate surface area is 112 Å². The van der Waals surface area contributed by atoms with Crippen LogP contribution in [0.3, 0.4) is 0 Å². The third-order valence-electron chi connectivity index (χ3n) is 3.68. The molecule has 0 aliphatic carbocycles. The number of benzene rings is 1. The fraction of sp³-hybridized carbons (Fsp3) is 0.600. The lowest BCUT2D eigenvalue weighted by atomic mass is 9.88. The maximum absolute atomic E-state index is 14.5. The minimum atomic E-state index is -1.52. The van der Waals surface area contributed by atoms with Crippen LogP contribution < -0.4 is 5.32 Å². The van der Waals surface area contributed by atoms with Crippen molar-refractivity contribution in [3.8, 4) is 0 Å². The summed E-state index contributed by atoms with van der Waals surface area (Å²) in [6.07, 6.45) is 3.42. The summed E-state index contributed by atoms with van der Waals surface area (Å²) in [5.41, 5.74) is -1.41. The van der Waals surface area contributed by atoms with Gasteiger partial charge in [0.15, 0.2) is 11.6 Å². The highest BCUT2D eigenvalue weighted by molar-refractivity contribution is 5.20. The molecule has 0 radical (unpaired) electrons. The van der Waals surface area contributed by atoms with Crippen molar-refractivity contribution < 1.29 is 13.2 Å². The predicted molar refractivity (Wildman–Crippen MR) is 69.8 cm³/mol. The zero-order chi connectivity index (χ0) is 13.9. The third-order valence-corrected chi connectivity index (χ3v) is 3.68. The summed E-state index contributed by atoms with van der Waals surface area (Å²) in [5.74, 6) is -1.84. The lowest BCUT2D eigenvalue weighted by Gasteiger charge is -2.30. The summed E-state index contributed by atoms with van der Waals surface area (Å²) in [4.78, 5) is 0. The monoisotopic (exact) mass is 271 g/mol. The van der Waals surface area contributed by atoms with E-state index in [-0.39, 0.29) is 18.0 Å². The largest absolute Gasteiger partial charge is 0.314 e. The molecule has 1 N–H and O–H groups in total. The smallest absolute Gasteiger partial charge is 0.162 e. The Morgan fingerprint density at radius 3 is 2.79 bits per heavy atom. The van der Waals surface area contributed by atoms with E-state index in [2.05, 4.69) is 5.32 Å². The molecule has 2 unspecified atom stereocenters. The van der Waals surface area contributed by atoms with Crippen LogP contribution in [0.5, 0.6) is 0 Å². The molecule has 1 nitrogen and oxygen atoms in total.